The zero-order chi connectivity index (χ0) is 18.2. The first-order chi connectivity index (χ1) is 12.5. The maximum Gasteiger partial charge on any atom is 0.120 e. The minimum Gasteiger partial charge on any atom is -0.148 e. The van der Waals surface area contributed by atoms with Gasteiger partial charge < -0.3 is 0 Å². The van der Waals surface area contributed by atoms with Crippen molar-refractivity contribution in [2.75, 3.05) is 0 Å². The highest BCUT2D eigenvalue weighted by molar-refractivity contribution is 8.03. The average Bonchev–Trinajstić information content (AvgIpc) is 2.83. The van der Waals surface area contributed by atoms with Crippen LogP contribution in [0.5, 0.6) is 0 Å². The first-order valence-electron chi connectivity index (χ1n) is 9.00. The number of thiophene rings is 1. The van der Waals surface area contributed by atoms with E-state index in [9.17, 15) is 0 Å². The van der Waals surface area contributed by atoms with E-state index < -0.39 is 8.80 Å². The largest absolute Gasteiger partial charge is 0.148 e. The molecule has 4 heteroatoms. The Morgan fingerprint density at radius 3 is 2.69 bits per heavy atom. The second kappa shape index (κ2) is 5.78. The Morgan fingerprint density at radius 2 is 2.04 bits per heavy atom. The molecule has 1 spiro atoms. The Balaban J connectivity index is 1.76. The predicted octanol–water partition coefficient (Wildman–Crippen LogP) is 6.45. The lowest BCUT2D eigenvalue weighted by Gasteiger charge is -2.34. The molecular formula is C22H21S3Si. The topological polar surface area (TPSA) is 0 Å². The standard InChI is InChI=1S/C22H21S3Si/c1-5-15(10-12(2)23)20-19(16-11-13(3)24-14(16)4)22-17-8-6-7-9-18(17)25-21(22)26(20)22/h5-11,21,23H,1-4H3/b12-10-,15-5-. The summed E-state index contributed by atoms with van der Waals surface area (Å²) in [7, 11) is -0.536. The molecule has 3 aliphatic rings. The van der Waals surface area contributed by atoms with E-state index in [0.29, 0.717) is 5.04 Å². The van der Waals surface area contributed by atoms with E-state index in [1.54, 1.807) is 16.3 Å². The molecule has 2 unspecified atom stereocenters. The molecule has 0 aliphatic carbocycles. The predicted molar refractivity (Wildman–Crippen MR) is 121 cm³/mol. The summed E-state index contributed by atoms with van der Waals surface area (Å²) in [5.74, 6) is 0. The molecule has 4 heterocycles. The Kier molecular flexibility index (Phi) is 3.82. The summed E-state index contributed by atoms with van der Waals surface area (Å²) in [5.41, 5.74) is 6.14. The van der Waals surface area contributed by atoms with Gasteiger partial charge in [0, 0.05) is 24.6 Å². The monoisotopic (exact) mass is 409 g/mol. The van der Waals surface area contributed by atoms with Crippen molar-refractivity contribution in [2.45, 2.75) is 42.5 Å². The van der Waals surface area contributed by atoms with Crippen LogP contribution in [0.4, 0.5) is 0 Å². The van der Waals surface area contributed by atoms with Crippen LogP contribution in [0.2, 0.25) is 0 Å². The van der Waals surface area contributed by atoms with E-state index in [1.807, 2.05) is 11.3 Å². The minimum atomic E-state index is -0.536. The maximum atomic E-state index is 4.56. The first kappa shape index (κ1) is 17.2. The summed E-state index contributed by atoms with van der Waals surface area (Å²) in [6, 6.07) is 11.5. The van der Waals surface area contributed by atoms with E-state index in [0.717, 1.165) is 9.78 Å². The van der Waals surface area contributed by atoms with Crippen LogP contribution in [0.25, 0.3) is 5.57 Å². The van der Waals surface area contributed by atoms with Gasteiger partial charge in [0.2, 0.25) is 0 Å². The number of thiol groups is 1. The summed E-state index contributed by atoms with van der Waals surface area (Å²) in [5, 5.41) is 2.02. The van der Waals surface area contributed by atoms with Gasteiger partial charge in [-0.2, -0.15) is 0 Å². The van der Waals surface area contributed by atoms with Crippen molar-refractivity contribution in [3.63, 3.8) is 0 Å². The van der Waals surface area contributed by atoms with Crippen LogP contribution in [0.3, 0.4) is 0 Å². The zero-order valence-electron chi connectivity index (χ0n) is 15.4. The van der Waals surface area contributed by atoms with Crippen molar-refractivity contribution in [1.82, 2.24) is 0 Å². The van der Waals surface area contributed by atoms with Crippen LogP contribution in [0.15, 0.2) is 63.1 Å². The molecule has 131 valence electrons. The lowest BCUT2D eigenvalue weighted by atomic mass is 9.85. The fourth-order valence-electron chi connectivity index (χ4n) is 4.81. The molecule has 5 rings (SSSR count). The molecule has 0 amide bonds. The number of aryl methyl sites for hydroxylation is 2. The summed E-state index contributed by atoms with van der Waals surface area (Å²) < 4.78 is 0. The molecule has 2 atom stereocenters. The molecule has 0 N–H and O–H groups in total. The van der Waals surface area contributed by atoms with Gasteiger partial charge in [-0.3, -0.25) is 0 Å². The van der Waals surface area contributed by atoms with Gasteiger partial charge in [0.1, 0.15) is 8.80 Å². The van der Waals surface area contributed by atoms with E-state index in [4.69, 9.17) is 0 Å². The maximum absolute atomic E-state index is 4.56. The molecule has 3 aliphatic heterocycles. The third-order valence-corrected chi connectivity index (χ3v) is 12.7. The van der Waals surface area contributed by atoms with Crippen molar-refractivity contribution < 1.29 is 0 Å². The average molecular weight is 410 g/mol. The van der Waals surface area contributed by atoms with Crippen LogP contribution in [0, 0.1) is 13.8 Å². The Labute approximate surface area is 171 Å². The van der Waals surface area contributed by atoms with E-state index >= 15 is 0 Å². The zero-order valence-corrected chi connectivity index (χ0v) is 18.9. The SMILES string of the molecule is C/C=C(/C=C(/C)S)C1=C(c2cc(C)sc2C)C23c4ccccc4SC2[Si]13. The Hall–Kier alpha value is -0.943. The molecule has 1 aromatic heterocycles. The van der Waals surface area contributed by atoms with Crippen molar-refractivity contribution in [2.24, 2.45) is 0 Å². The molecular weight excluding hydrogens is 389 g/mol. The summed E-state index contributed by atoms with van der Waals surface area (Å²) >= 11 is 8.64. The lowest BCUT2D eigenvalue weighted by Crippen LogP contribution is -2.32. The summed E-state index contributed by atoms with van der Waals surface area (Å²) in [6.07, 6.45) is 4.56. The lowest BCUT2D eigenvalue weighted by molar-refractivity contribution is 0.956. The van der Waals surface area contributed by atoms with Gasteiger partial charge in [0.15, 0.2) is 0 Å². The fourth-order valence-corrected chi connectivity index (χ4v) is 13.0. The second-order valence-electron chi connectivity index (χ2n) is 7.32. The van der Waals surface area contributed by atoms with Crippen LogP contribution in [0.1, 0.15) is 34.7 Å². The number of benzene rings is 1. The van der Waals surface area contributed by atoms with Crippen LogP contribution in [-0.2, 0) is 5.04 Å². The molecule has 1 saturated heterocycles. The van der Waals surface area contributed by atoms with Crippen LogP contribution >= 0.6 is 35.7 Å². The van der Waals surface area contributed by atoms with Crippen molar-refractivity contribution in [3.05, 3.63) is 79.0 Å². The number of allylic oxidation sites excluding steroid dienone is 6. The van der Waals surface area contributed by atoms with Crippen LogP contribution < -0.4 is 0 Å². The van der Waals surface area contributed by atoms with Gasteiger partial charge >= 0.3 is 0 Å². The Bertz CT molecular complexity index is 1040. The van der Waals surface area contributed by atoms with Crippen molar-refractivity contribution >= 4 is 50.1 Å². The molecule has 26 heavy (non-hydrogen) atoms. The highest BCUT2D eigenvalue weighted by Gasteiger charge is 2.80. The van der Waals surface area contributed by atoms with Gasteiger partial charge in [-0.05, 0) is 78.3 Å². The van der Waals surface area contributed by atoms with Gasteiger partial charge in [0.25, 0.3) is 0 Å². The van der Waals surface area contributed by atoms with E-state index in [2.05, 4.69) is 94.6 Å². The molecule has 1 fully saturated rings. The summed E-state index contributed by atoms with van der Waals surface area (Å²) in [4.78, 5) is 6.26. The van der Waals surface area contributed by atoms with Gasteiger partial charge in [-0.25, -0.2) is 0 Å². The molecule has 0 nitrogen and oxygen atoms in total. The van der Waals surface area contributed by atoms with E-state index in [-0.39, 0.29) is 0 Å². The summed E-state index contributed by atoms with van der Waals surface area (Å²) in [6.45, 7) is 8.78. The highest BCUT2D eigenvalue weighted by Crippen LogP contribution is 2.78. The van der Waals surface area contributed by atoms with E-state index in [1.165, 1.54) is 25.8 Å². The fraction of sp³-hybridized carbons (Fsp3) is 0.273. The van der Waals surface area contributed by atoms with Crippen molar-refractivity contribution in [3.8, 4) is 0 Å². The van der Waals surface area contributed by atoms with Gasteiger partial charge in [0.05, 0.1) is 0 Å². The first-order valence-corrected chi connectivity index (χ1v) is 12.7. The Morgan fingerprint density at radius 1 is 1.27 bits per heavy atom. The number of hydrogen-bond donors (Lipinski definition) is 1. The van der Waals surface area contributed by atoms with Gasteiger partial charge in [-0.15, -0.1) is 35.7 Å². The third kappa shape index (κ3) is 2.05. The number of rotatable bonds is 3. The smallest absolute Gasteiger partial charge is 0.120 e. The van der Waals surface area contributed by atoms with Gasteiger partial charge in [-0.1, -0.05) is 24.3 Å². The highest BCUT2D eigenvalue weighted by atomic mass is 32.2. The molecule has 1 aromatic carbocycles. The number of hydrogen-bond acceptors (Lipinski definition) is 3. The van der Waals surface area contributed by atoms with Crippen LogP contribution in [-0.4, -0.2) is 13.7 Å². The molecule has 0 bridgehead atoms. The minimum absolute atomic E-state index is 0.353. The molecule has 2 aromatic rings. The second-order valence-corrected chi connectivity index (χ2v) is 13.7. The number of fused-ring (bicyclic) bond motifs is 2. The molecule has 0 saturated carbocycles. The normalized spacial score (nSPS) is 27.2. The third-order valence-electron chi connectivity index (χ3n) is 5.74. The van der Waals surface area contributed by atoms with Crippen molar-refractivity contribution in [1.29, 1.82) is 0 Å². The quantitative estimate of drug-likeness (QED) is 0.345. The molecule has 1 radical (unpaired) electrons. The number of thioether (sulfide) groups is 1.